The minimum absolute atomic E-state index is 0.0436. The number of carbonyl (C=O) groups excluding carboxylic acids is 1. The third-order valence-electron chi connectivity index (χ3n) is 3.70. The Labute approximate surface area is 151 Å². The third kappa shape index (κ3) is 5.49. The van der Waals surface area contributed by atoms with E-state index in [0.29, 0.717) is 0 Å². The molecule has 1 amide bonds. The van der Waals surface area contributed by atoms with Crippen LogP contribution < -0.4 is 10.2 Å². The second-order valence-corrected chi connectivity index (χ2v) is 6.36. The molecule has 0 heterocycles. The van der Waals surface area contributed by atoms with Crippen molar-refractivity contribution in [3.05, 3.63) is 58.6 Å². The number of nitro groups is 1. The van der Waals surface area contributed by atoms with Gasteiger partial charge in [0.15, 0.2) is 0 Å². The topological polar surface area (TPSA) is 75.5 Å². The average molecular weight is 359 g/mol. The highest BCUT2D eigenvalue weighted by Crippen LogP contribution is 2.22. The van der Waals surface area contributed by atoms with Crippen LogP contribution in [0.2, 0.25) is 0 Å². The van der Waals surface area contributed by atoms with Gasteiger partial charge in [-0.25, -0.2) is 0 Å². The highest BCUT2D eigenvalue weighted by molar-refractivity contribution is 8.00. The Hall–Kier alpha value is -2.54. The zero-order chi connectivity index (χ0) is 18.2. The molecule has 0 bridgehead atoms. The summed E-state index contributed by atoms with van der Waals surface area (Å²) in [5.41, 5.74) is 1.93. The van der Waals surface area contributed by atoms with Crippen molar-refractivity contribution in [3.8, 4) is 0 Å². The van der Waals surface area contributed by atoms with Gasteiger partial charge in [0.2, 0.25) is 5.91 Å². The van der Waals surface area contributed by atoms with Crippen LogP contribution in [0.5, 0.6) is 0 Å². The second-order valence-electron chi connectivity index (χ2n) is 5.31. The number of hydrogen-bond acceptors (Lipinski definition) is 5. The summed E-state index contributed by atoms with van der Waals surface area (Å²) in [6, 6.07) is 13.9. The van der Waals surface area contributed by atoms with Crippen LogP contribution in [0.3, 0.4) is 0 Å². The lowest BCUT2D eigenvalue weighted by Gasteiger charge is -2.21. The molecule has 7 heteroatoms. The molecule has 0 saturated carbocycles. The van der Waals surface area contributed by atoms with Gasteiger partial charge in [0.05, 0.1) is 10.7 Å². The van der Waals surface area contributed by atoms with E-state index in [1.807, 2.05) is 24.3 Å². The predicted molar refractivity (Wildman–Crippen MR) is 102 cm³/mol. The van der Waals surface area contributed by atoms with E-state index in [4.69, 9.17) is 0 Å². The summed E-state index contributed by atoms with van der Waals surface area (Å²) in [7, 11) is 0. The first-order valence-electron chi connectivity index (χ1n) is 8.05. The van der Waals surface area contributed by atoms with E-state index in [9.17, 15) is 14.9 Å². The normalized spacial score (nSPS) is 10.3. The highest BCUT2D eigenvalue weighted by atomic mass is 32.2. The average Bonchev–Trinajstić information content (AvgIpc) is 2.63. The maximum Gasteiger partial charge on any atom is 0.269 e. The lowest BCUT2D eigenvalue weighted by molar-refractivity contribution is -0.384. The molecule has 6 nitrogen and oxygen atoms in total. The summed E-state index contributed by atoms with van der Waals surface area (Å²) >= 11 is 1.34. The van der Waals surface area contributed by atoms with Gasteiger partial charge in [0.25, 0.3) is 5.69 Å². The lowest BCUT2D eigenvalue weighted by Crippen LogP contribution is -2.21. The fourth-order valence-corrected chi connectivity index (χ4v) is 3.05. The van der Waals surface area contributed by atoms with E-state index in [1.165, 1.54) is 23.9 Å². The van der Waals surface area contributed by atoms with Crippen molar-refractivity contribution in [2.24, 2.45) is 0 Å². The van der Waals surface area contributed by atoms with Crippen LogP contribution in [0.15, 0.2) is 53.4 Å². The number of thioether (sulfide) groups is 1. The molecule has 0 aliphatic carbocycles. The van der Waals surface area contributed by atoms with Crippen molar-refractivity contribution in [1.82, 2.24) is 0 Å². The monoisotopic (exact) mass is 359 g/mol. The largest absolute Gasteiger partial charge is 0.372 e. The fourth-order valence-electron chi connectivity index (χ4n) is 2.35. The number of benzene rings is 2. The van der Waals surface area contributed by atoms with Crippen LogP contribution in [-0.2, 0) is 4.79 Å². The van der Waals surface area contributed by atoms with Crippen LogP contribution in [-0.4, -0.2) is 29.7 Å². The highest BCUT2D eigenvalue weighted by Gasteiger charge is 2.07. The number of nitro benzene ring substituents is 1. The van der Waals surface area contributed by atoms with Crippen LogP contribution >= 0.6 is 11.8 Å². The Kier molecular flexibility index (Phi) is 6.82. The number of non-ortho nitro benzene ring substituents is 1. The molecule has 25 heavy (non-hydrogen) atoms. The van der Waals surface area contributed by atoms with Crippen LogP contribution in [0.25, 0.3) is 0 Å². The molecule has 1 N–H and O–H groups in total. The van der Waals surface area contributed by atoms with E-state index < -0.39 is 4.92 Å². The van der Waals surface area contributed by atoms with E-state index in [2.05, 4.69) is 24.1 Å². The number of hydrogen-bond donors (Lipinski definition) is 1. The van der Waals surface area contributed by atoms with Gasteiger partial charge in [-0.3, -0.25) is 14.9 Å². The molecule has 2 rings (SSSR count). The molecule has 0 saturated heterocycles. The van der Waals surface area contributed by atoms with Crippen molar-refractivity contribution >= 4 is 34.7 Å². The molecule has 2 aromatic rings. The Bertz CT molecular complexity index is 713. The summed E-state index contributed by atoms with van der Waals surface area (Å²) in [5.74, 6) is 0.134. The van der Waals surface area contributed by atoms with Gasteiger partial charge in [-0.05, 0) is 50.2 Å². The maximum absolute atomic E-state index is 12.0. The number of anilines is 2. The zero-order valence-corrected chi connectivity index (χ0v) is 15.1. The van der Waals surface area contributed by atoms with E-state index in [0.717, 1.165) is 29.4 Å². The summed E-state index contributed by atoms with van der Waals surface area (Å²) in [5, 5.41) is 13.5. The van der Waals surface area contributed by atoms with Gasteiger partial charge < -0.3 is 10.2 Å². The summed E-state index contributed by atoms with van der Waals surface area (Å²) in [6.45, 7) is 6.09. The van der Waals surface area contributed by atoms with Gasteiger partial charge in [-0.2, -0.15) is 0 Å². The molecular formula is C18H21N3O3S. The van der Waals surface area contributed by atoms with Gasteiger partial charge >= 0.3 is 0 Å². The number of nitrogens with zero attached hydrogens (tertiary/aromatic N) is 2. The minimum Gasteiger partial charge on any atom is -0.372 e. The third-order valence-corrected chi connectivity index (χ3v) is 4.71. The van der Waals surface area contributed by atoms with E-state index >= 15 is 0 Å². The first kappa shape index (κ1) is 18.8. The molecule has 0 aromatic heterocycles. The van der Waals surface area contributed by atoms with E-state index in [1.54, 1.807) is 12.1 Å². The van der Waals surface area contributed by atoms with Crippen LogP contribution in [0.1, 0.15) is 13.8 Å². The Balaban J connectivity index is 1.86. The standard InChI is InChI=1S/C18H21N3O3S/c1-3-20(4-2)15-7-5-14(6-8-15)19-18(22)13-25-17-11-9-16(10-12-17)21(23)24/h5-12H,3-4,13H2,1-2H3,(H,19,22). The van der Waals surface area contributed by atoms with Crippen molar-refractivity contribution in [2.45, 2.75) is 18.7 Å². The zero-order valence-electron chi connectivity index (χ0n) is 14.3. The Morgan fingerprint density at radius 3 is 2.20 bits per heavy atom. The van der Waals surface area contributed by atoms with Gasteiger partial charge in [0.1, 0.15) is 0 Å². The number of carbonyl (C=O) groups is 1. The number of nitrogens with one attached hydrogen (secondary N) is 1. The SMILES string of the molecule is CCN(CC)c1ccc(NC(=O)CSc2ccc([N+](=O)[O-])cc2)cc1. The molecule has 0 radical (unpaired) electrons. The van der Waals surface area contributed by atoms with Crippen molar-refractivity contribution in [1.29, 1.82) is 0 Å². The van der Waals surface area contributed by atoms with Gasteiger partial charge in [-0.1, -0.05) is 0 Å². The van der Waals surface area contributed by atoms with Crippen molar-refractivity contribution in [2.75, 3.05) is 29.1 Å². The predicted octanol–water partition coefficient (Wildman–Crippen LogP) is 4.17. The quantitative estimate of drug-likeness (QED) is 0.435. The van der Waals surface area contributed by atoms with Crippen molar-refractivity contribution in [3.63, 3.8) is 0 Å². The molecule has 0 aliphatic rings. The molecule has 0 aliphatic heterocycles. The number of amides is 1. The first-order valence-corrected chi connectivity index (χ1v) is 9.04. The smallest absolute Gasteiger partial charge is 0.269 e. The van der Waals surface area contributed by atoms with Crippen LogP contribution in [0.4, 0.5) is 17.1 Å². The summed E-state index contributed by atoms with van der Waals surface area (Å²) in [6.07, 6.45) is 0. The van der Waals surface area contributed by atoms with Gasteiger partial charge in [0, 0.05) is 41.5 Å². The van der Waals surface area contributed by atoms with Gasteiger partial charge in [-0.15, -0.1) is 11.8 Å². The molecule has 2 aromatic carbocycles. The fraction of sp³-hybridized carbons (Fsp3) is 0.278. The maximum atomic E-state index is 12.0. The van der Waals surface area contributed by atoms with E-state index in [-0.39, 0.29) is 17.3 Å². The van der Waals surface area contributed by atoms with Crippen molar-refractivity contribution < 1.29 is 9.72 Å². The first-order chi connectivity index (χ1) is 12.0. The lowest BCUT2D eigenvalue weighted by atomic mass is 10.2. The molecule has 0 atom stereocenters. The Morgan fingerprint density at radius 2 is 1.68 bits per heavy atom. The summed E-state index contributed by atoms with van der Waals surface area (Å²) < 4.78 is 0. The number of rotatable bonds is 8. The second kappa shape index (κ2) is 9.08. The Morgan fingerprint density at radius 1 is 1.08 bits per heavy atom. The molecule has 0 unspecified atom stereocenters. The van der Waals surface area contributed by atoms with Crippen LogP contribution in [0, 0.1) is 10.1 Å². The minimum atomic E-state index is -0.441. The molecule has 0 fully saturated rings. The molecule has 0 spiro atoms. The summed E-state index contributed by atoms with van der Waals surface area (Å²) in [4.78, 5) is 25.3. The molecular weight excluding hydrogens is 338 g/mol. The molecule has 132 valence electrons.